The van der Waals surface area contributed by atoms with Gasteiger partial charge >= 0.3 is 0 Å². The lowest BCUT2D eigenvalue weighted by Crippen LogP contribution is -2.00. The molecule has 0 radical (unpaired) electrons. The van der Waals surface area contributed by atoms with Gasteiger partial charge < -0.3 is 5.32 Å². The van der Waals surface area contributed by atoms with Crippen LogP contribution in [0.3, 0.4) is 0 Å². The van der Waals surface area contributed by atoms with Gasteiger partial charge in [-0.25, -0.2) is 0 Å². The molecule has 1 heterocycles. The summed E-state index contributed by atoms with van der Waals surface area (Å²) in [5.74, 6) is 0.980. The zero-order valence-corrected chi connectivity index (χ0v) is 10.4. The molecule has 0 atom stereocenters. The van der Waals surface area contributed by atoms with Crippen LogP contribution in [0.2, 0.25) is 0 Å². The number of nitrogens with zero attached hydrogens (tertiary/aromatic N) is 1. The molecule has 18 heavy (non-hydrogen) atoms. The predicted octanol–water partition coefficient (Wildman–Crippen LogP) is 3.14. The van der Waals surface area contributed by atoms with Crippen LogP contribution in [0.4, 0.5) is 5.82 Å². The third-order valence-electron chi connectivity index (χ3n) is 3.92. The van der Waals surface area contributed by atoms with Crippen molar-refractivity contribution >= 4 is 5.82 Å². The molecule has 2 aliphatic rings. The number of nitrogens with one attached hydrogen (secondary N) is 2. The molecule has 0 unspecified atom stereocenters. The topological polar surface area (TPSA) is 40.7 Å². The summed E-state index contributed by atoms with van der Waals surface area (Å²) in [6.45, 7) is 0. The lowest BCUT2D eigenvalue weighted by atomic mass is 10.0. The van der Waals surface area contributed by atoms with E-state index in [1.807, 2.05) is 0 Å². The molecule has 3 heteroatoms. The van der Waals surface area contributed by atoms with Gasteiger partial charge in [-0.15, -0.1) is 0 Å². The van der Waals surface area contributed by atoms with Crippen molar-refractivity contribution in [1.29, 1.82) is 0 Å². The average Bonchev–Trinajstić information content (AvgIpc) is 2.91. The molecule has 0 saturated heterocycles. The van der Waals surface area contributed by atoms with Crippen LogP contribution < -0.4 is 5.32 Å². The van der Waals surface area contributed by atoms with E-state index in [4.69, 9.17) is 0 Å². The first-order valence-corrected chi connectivity index (χ1v) is 6.82. The molecule has 1 aromatic heterocycles. The molecule has 0 bridgehead atoms. The van der Waals surface area contributed by atoms with Gasteiger partial charge in [-0.05, 0) is 54.9 Å². The largest absolute Gasteiger partial charge is 0.366 e. The van der Waals surface area contributed by atoms with E-state index in [2.05, 4.69) is 39.8 Å². The van der Waals surface area contributed by atoms with Crippen LogP contribution in [-0.2, 0) is 12.8 Å². The minimum absolute atomic E-state index is 0.654. The summed E-state index contributed by atoms with van der Waals surface area (Å²) < 4.78 is 0. The Hall–Kier alpha value is -1.77. The van der Waals surface area contributed by atoms with Crippen molar-refractivity contribution in [3.63, 3.8) is 0 Å². The molecule has 92 valence electrons. The number of rotatable bonds is 3. The number of aromatic nitrogens is 2. The van der Waals surface area contributed by atoms with Crippen molar-refractivity contribution in [2.75, 3.05) is 5.32 Å². The van der Waals surface area contributed by atoms with Crippen LogP contribution in [0.25, 0.3) is 11.3 Å². The smallest absolute Gasteiger partial charge is 0.148 e. The molecule has 3 nitrogen and oxygen atoms in total. The third kappa shape index (κ3) is 1.80. The molecule has 0 spiro atoms. The fourth-order valence-corrected chi connectivity index (χ4v) is 2.72. The second-order valence-corrected chi connectivity index (χ2v) is 5.42. The van der Waals surface area contributed by atoms with Crippen molar-refractivity contribution in [3.8, 4) is 11.3 Å². The zero-order valence-electron chi connectivity index (χ0n) is 10.4. The molecule has 2 aliphatic carbocycles. The highest BCUT2D eigenvalue weighted by molar-refractivity contribution is 5.64. The summed E-state index contributed by atoms with van der Waals surface area (Å²) in [6, 6.07) is 9.57. The number of hydrogen-bond donors (Lipinski definition) is 2. The summed E-state index contributed by atoms with van der Waals surface area (Å²) >= 11 is 0. The first kappa shape index (κ1) is 10.2. The van der Waals surface area contributed by atoms with Crippen LogP contribution in [0.1, 0.15) is 30.4 Å². The summed E-state index contributed by atoms with van der Waals surface area (Å²) in [6.07, 6.45) is 6.33. The highest BCUT2D eigenvalue weighted by Gasteiger charge is 2.22. The molecule has 0 aliphatic heterocycles. The molecule has 0 amide bonds. The summed E-state index contributed by atoms with van der Waals surface area (Å²) in [5, 5.41) is 10.9. The highest BCUT2D eigenvalue weighted by atomic mass is 15.2. The number of hydrogen-bond acceptors (Lipinski definition) is 2. The normalized spacial score (nSPS) is 17.8. The highest BCUT2D eigenvalue weighted by Crippen LogP contribution is 2.29. The molecular weight excluding hydrogens is 222 g/mol. The van der Waals surface area contributed by atoms with E-state index < -0.39 is 0 Å². The number of benzene rings is 1. The number of anilines is 1. The van der Waals surface area contributed by atoms with Gasteiger partial charge in [-0.3, -0.25) is 5.10 Å². The van der Waals surface area contributed by atoms with Gasteiger partial charge in [0.15, 0.2) is 0 Å². The van der Waals surface area contributed by atoms with E-state index in [0.29, 0.717) is 6.04 Å². The van der Waals surface area contributed by atoms with Gasteiger partial charge in [0.25, 0.3) is 0 Å². The van der Waals surface area contributed by atoms with Gasteiger partial charge in [0.05, 0.1) is 5.69 Å². The molecule has 1 aromatic carbocycles. The standard InChI is InChI=1S/C15H17N3/c1-2-10-4-5-12(8-11(10)3-1)14-9-15(18-17-14)16-13-6-7-13/h4-5,8-9,13H,1-3,6-7H2,(H2,16,17,18). The Bertz CT molecular complexity index is 581. The minimum atomic E-state index is 0.654. The maximum absolute atomic E-state index is 4.33. The maximum atomic E-state index is 4.33. The van der Waals surface area contributed by atoms with E-state index in [-0.39, 0.29) is 0 Å². The van der Waals surface area contributed by atoms with Crippen molar-refractivity contribution in [3.05, 3.63) is 35.4 Å². The Kier molecular flexibility index (Phi) is 2.19. The Morgan fingerprint density at radius 3 is 2.89 bits per heavy atom. The number of H-pyrrole nitrogens is 1. The molecular formula is C15H17N3. The van der Waals surface area contributed by atoms with E-state index in [9.17, 15) is 0 Å². The summed E-state index contributed by atoms with van der Waals surface area (Å²) in [4.78, 5) is 0. The summed E-state index contributed by atoms with van der Waals surface area (Å²) in [7, 11) is 0. The Morgan fingerprint density at radius 2 is 2.00 bits per heavy atom. The average molecular weight is 239 g/mol. The number of aryl methyl sites for hydroxylation is 2. The Labute approximate surface area is 107 Å². The Morgan fingerprint density at radius 1 is 1.11 bits per heavy atom. The monoisotopic (exact) mass is 239 g/mol. The van der Waals surface area contributed by atoms with Crippen LogP contribution >= 0.6 is 0 Å². The van der Waals surface area contributed by atoms with Crippen molar-refractivity contribution in [2.45, 2.75) is 38.1 Å². The maximum Gasteiger partial charge on any atom is 0.148 e. The van der Waals surface area contributed by atoms with Crippen LogP contribution in [-0.4, -0.2) is 16.2 Å². The molecule has 4 rings (SSSR count). The number of fused-ring (bicyclic) bond motifs is 1. The zero-order chi connectivity index (χ0) is 11.9. The second kappa shape index (κ2) is 3.87. The van der Waals surface area contributed by atoms with Crippen molar-refractivity contribution in [2.24, 2.45) is 0 Å². The SMILES string of the molecule is c1cc2c(cc1-c1cc(NC3CC3)n[nH]1)CCC2. The fourth-order valence-electron chi connectivity index (χ4n) is 2.72. The quantitative estimate of drug-likeness (QED) is 0.864. The van der Waals surface area contributed by atoms with Crippen LogP contribution in [0.15, 0.2) is 24.3 Å². The lowest BCUT2D eigenvalue weighted by Gasteiger charge is -2.02. The molecule has 2 aromatic rings. The third-order valence-corrected chi connectivity index (χ3v) is 3.92. The van der Waals surface area contributed by atoms with Crippen LogP contribution in [0.5, 0.6) is 0 Å². The predicted molar refractivity (Wildman–Crippen MR) is 72.7 cm³/mol. The second-order valence-electron chi connectivity index (χ2n) is 5.42. The summed E-state index contributed by atoms with van der Waals surface area (Å²) in [5.41, 5.74) is 5.41. The van der Waals surface area contributed by atoms with Crippen molar-refractivity contribution in [1.82, 2.24) is 10.2 Å². The van der Waals surface area contributed by atoms with E-state index in [1.165, 1.54) is 48.8 Å². The van der Waals surface area contributed by atoms with Gasteiger partial charge in [0.2, 0.25) is 0 Å². The first-order chi connectivity index (χ1) is 8.88. The molecule has 1 saturated carbocycles. The Balaban J connectivity index is 1.63. The molecule has 2 N–H and O–H groups in total. The van der Waals surface area contributed by atoms with Gasteiger partial charge in [0, 0.05) is 12.1 Å². The lowest BCUT2D eigenvalue weighted by molar-refractivity contribution is 0.912. The number of aromatic amines is 1. The fraction of sp³-hybridized carbons (Fsp3) is 0.400. The van der Waals surface area contributed by atoms with Gasteiger partial charge in [-0.1, -0.05) is 12.1 Å². The van der Waals surface area contributed by atoms with Gasteiger partial charge in [0.1, 0.15) is 5.82 Å². The van der Waals surface area contributed by atoms with E-state index in [0.717, 1.165) is 11.5 Å². The van der Waals surface area contributed by atoms with Crippen LogP contribution in [0, 0.1) is 0 Å². The van der Waals surface area contributed by atoms with E-state index in [1.54, 1.807) is 0 Å². The minimum Gasteiger partial charge on any atom is -0.366 e. The molecule has 1 fully saturated rings. The van der Waals surface area contributed by atoms with Gasteiger partial charge in [-0.2, -0.15) is 5.10 Å². The van der Waals surface area contributed by atoms with Crippen molar-refractivity contribution < 1.29 is 0 Å². The first-order valence-electron chi connectivity index (χ1n) is 6.82. The van der Waals surface area contributed by atoms with E-state index >= 15 is 0 Å².